The Balaban J connectivity index is 0.787. The zero-order chi connectivity index (χ0) is 52.5. The first-order valence-corrected chi connectivity index (χ1v) is 24.5. The quantitative estimate of drug-likeness (QED) is 0.0156. The topological polar surface area (TPSA) is 304 Å². The van der Waals surface area contributed by atoms with Crippen molar-refractivity contribution in [3.05, 3.63) is 81.0 Å². The van der Waals surface area contributed by atoms with Crippen LogP contribution in [0.4, 0.5) is 0 Å². The summed E-state index contributed by atoms with van der Waals surface area (Å²) in [7, 11) is 0. The van der Waals surface area contributed by atoms with Gasteiger partial charge >= 0.3 is 5.97 Å². The maximum atomic E-state index is 13.3. The number of pyridine rings is 2. The molecule has 2 atom stereocenters. The fourth-order valence-corrected chi connectivity index (χ4v) is 9.37. The lowest BCUT2D eigenvalue weighted by molar-refractivity contribution is -0.172. The average molecular weight is 1040 g/mol. The summed E-state index contributed by atoms with van der Waals surface area (Å²) in [6.45, 7) is -0.00153. The Morgan fingerprint density at radius 2 is 1.51 bits per heavy atom. The second-order valence-electron chi connectivity index (χ2n) is 17.9. The van der Waals surface area contributed by atoms with E-state index in [0.29, 0.717) is 86.5 Å². The average Bonchev–Trinajstić information content (AvgIpc) is 4.11. The maximum Gasteiger partial charge on any atom is 0.343 e. The highest BCUT2D eigenvalue weighted by molar-refractivity contribution is 7.71. The number of likely N-dealkylation sites (tertiary alicyclic amines) is 1. The van der Waals surface area contributed by atoms with Crippen molar-refractivity contribution in [1.82, 2.24) is 46.4 Å². The summed E-state index contributed by atoms with van der Waals surface area (Å²) in [4.78, 5) is 119. The minimum Gasteiger partial charge on any atom is -0.458 e. The Bertz CT molecular complexity index is 2970. The van der Waals surface area contributed by atoms with E-state index in [1.54, 1.807) is 55.5 Å². The minimum atomic E-state index is -1.89. The van der Waals surface area contributed by atoms with Crippen molar-refractivity contribution >= 4 is 76.3 Å². The summed E-state index contributed by atoms with van der Waals surface area (Å²) in [5, 5.41) is 27.4. The molecule has 390 valence electrons. The number of hydrogen-bond acceptors (Lipinski definition) is 16. The molecule has 4 aliphatic heterocycles. The van der Waals surface area contributed by atoms with Crippen LogP contribution in [-0.4, -0.2) is 125 Å². The van der Waals surface area contributed by atoms with Crippen LogP contribution >= 0.6 is 12.2 Å². The molecule has 4 aliphatic rings. The third kappa shape index (κ3) is 12.0. The molecule has 0 spiro atoms. The third-order valence-corrected chi connectivity index (χ3v) is 13.5. The highest BCUT2D eigenvalue weighted by atomic mass is 32.1. The largest absolute Gasteiger partial charge is 0.458 e. The molecule has 1 fully saturated rings. The number of aromatic nitrogens is 2. The molecular formula is C50H55N9O14S. The number of aliphatic hydroxyl groups is 1. The Hall–Kier alpha value is -7.83. The second kappa shape index (κ2) is 23.4. The van der Waals surface area contributed by atoms with Gasteiger partial charge in [0.05, 0.1) is 43.1 Å². The number of carbonyl (C=O) groups is 9. The lowest BCUT2D eigenvalue weighted by Gasteiger charge is -2.32. The summed E-state index contributed by atoms with van der Waals surface area (Å²) in [5.74, 6) is -3.72. The van der Waals surface area contributed by atoms with E-state index in [9.17, 15) is 48.3 Å². The van der Waals surface area contributed by atoms with Crippen LogP contribution in [0.2, 0.25) is 0 Å². The molecule has 0 saturated carbocycles. The van der Waals surface area contributed by atoms with Gasteiger partial charge in [-0.05, 0) is 42.5 Å². The number of unbranched alkanes of at least 4 members (excludes halogenated alkanes) is 2. The van der Waals surface area contributed by atoms with Gasteiger partial charge in [0, 0.05) is 66.9 Å². The molecule has 8 amide bonds. The number of imide groups is 1. The van der Waals surface area contributed by atoms with Crippen molar-refractivity contribution < 1.29 is 67.2 Å². The summed E-state index contributed by atoms with van der Waals surface area (Å²) in [6.07, 6.45) is 2.36. The normalized spacial score (nSPS) is 16.4. The van der Waals surface area contributed by atoms with Crippen molar-refractivity contribution in [2.24, 2.45) is 0 Å². The maximum absolute atomic E-state index is 13.3. The monoisotopic (exact) mass is 1040 g/mol. The molecule has 0 aliphatic carbocycles. The van der Waals surface area contributed by atoms with E-state index in [2.05, 4.69) is 31.9 Å². The predicted octanol–water partition coefficient (Wildman–Crippen LogP) is 0.670. The highest BCUT2D eigenvalue weighted by Gasteiger charge is 2.45. The summed E-state index contributed by atoms with van der Waals surface area (Å²) < 4.78 is 24.3. The van der Waals surface area contributed by atoms with Gasteiger partial charge in [0.2, 0.25) is 54.1 Å². The van der Waals surface area contributed by atoms with Crippen LogP contribution in [-0.2, 0) is 84.3 Å². The second-order valence-corrected chi connectivity index (χ2v) is 18.3. The van der Waals surface area contributed by atoms with Gasteiger partial charge in [-0.2, -0.15) is 0 Å². The zero-order valence-electron chi connectivity index (χ0n) is 40.4. The molecule has 2 aromatic carbocycles. The van der Waals surface area contributed by atoms with Crippen LogP contribution in [0.15, 0.2) is 48.5 Å². The molecule has 4 aromatic rings. The Labute approximate surface area is 428 Å². The lowest BCUT2D eigenvalue weighted by atomic mass is 9.86. The first-order valence-electron chi connectivity index (χ1n) is 24.1. The summed E-state index contributed by atoms with van der Waals surface area (Å²) >= 11 is 5.89. The molecule has 6 heterocycles. The molecule has 0 unspecified atom stereocenters. The van der Waals surface area contributed by atoms with Crippen molar-refractivity contribution in [1.29, 1.82) is 0 Å². The highest BCUT2D eigenvalue weighted by Crippen LogP contribution is 2.44. The van der Waals surface area contributed by atoms with Gasteiger partial charge in [-0.1, -0.05) is 55.9 Å². The number of amides is 8. The number of nitrogens with zero attached hydrogens (tertiary/aromatic N) is 3. The number of fused-ring (bicyclic) bond motifs is 6. The lowest BCUT2D eigenvalue weighted by Crippen LogP contribution is -2.52. The van der Waals surface area contributed by atoms with Gasteiger partial charge in [0.15, 0.2) is 17.1 Å². The van der Waals surface area contributed by atoms with Gasteiger partial charge in [0.25, 0.3) is 0 Å². The van der Waals surface area contributed by atoms with Crippen LogP contribution in [0.1, 0.15) is 79.7 Å². The number of rotatable bonds is 23. The Morgan fingerprint density at radius 3 is 2.27 bits per heavy atom. The predicted molar refractivity (Wildman–Crippen MR) is 262 cm³/mol. The smallest absolute Gasteiger partial charge is 0.343 e. The fraction of sp³-hybridized carbons (Fsp3) is 0.420. The SMILES string of the molecule is CC[C@@]1(O)C(=O)OCc2c1cc1n(c2=S)Cc2c-1nc1cc3c(cc1c2CNC(=O)COCNC(=O)CNC(=O)[C@H](Cc1ccccc1)NC(=O)CNC(=O)CNC(=O)CCCCCN1C(=O)CCC1=O)OCO3. The van der Waals surface area contributed by atoms with Crippen LogP contribution < -0.4 is 41.4 Å². The van der Waals surface area contributed by atoms with Crippen LogP contribution in [0.3, 0.4) is 0 Å². The molecule has 8 rings (SSSR count). The molecule has 0 bridgehead atoms. The van der Waals surface area contributed by atoms with Crippen molar-refractivity contribution in [2.75, 3.05) is 46.3 Å². The number of ether oxygens (including phenoxy) is 4. The number of hydrogen-bond donors (Lipinski definition) is 7. The van der Waals surface area contributed by atoms with Gasteiger partial charge < -0.3 is 60.5 Å². The first kappa shape index (κ1) is 52.5. The van der Waals surface area contributed by atoms with Crippen molar-refractivity contribution in [3.8, 4) is 22.9 Å². The van der Waals surface area contributed by atoms with E-state index < -0.39 is 66.8 Å². The molecule has 7 N–H and O–H groups in total. The van der Waals surface area contributed by atoms with Gasteiger partial charge in [-0.15, -0.1) is 0 Å². The van der Waals surface area contributed by atoms with Crippen LogP contribution in [0.5, 0.6) is 11.5 Å². The van der Waals surface area contributed by atoms with Crippen molar-refractivity contribution in [3.63, 3.8) is 0 Å². The number of cyclic esters (lactones) is 1. The van der Waals surface area contributed by atoms with Gasteiger partial charge in [-0.3, -0.25) is 43.3 Å². The zero-order valence-corrected chi connectivity index (χ0v) is 41.2. The van der Waals surface area contributed by atoms with E-state index in [0.717, 1.165) is 5.56 Å². The van der Waals surface area contributed by atoms with Gasteiger partial charge in [0.1, 0.15) is 30.6 Å². The number of carbonyl (C=O) groups excluding carboxylic acids is 9. The first-order chi connectivity index (χ1) is 35.6. The van der Waals surface area contributed by atoms with E-state index in [1.807, 2.05) is 4.57 Å². The van der Waals surface area contributed by atoms with Crippen LogP contribution in [0.25, 0.3) is 22.3 Å². The Kier molecular flexibility index (Phi) is 16.6. The summed E-state index contributed by atoms with van der Waals surface area (Å²) in [5.41, 5.74) is 2.83. The molecule has 23 nitrogen and oxygen atoms in total. The van der Waals surface area contributed by atoms with E-state index in [1.165, 1.54) is 4.90 Å². The number of esters is 1. The fourth-order valence-electron chi connectivity index (χ4n) is 9.04. The summed E-state index contributed by atoms with van der Waals surface area (Å²) in [6, 6.07) is 12.9. The molecular weight excluding hydrogens is 983 g/mol. The molecule has 24 heteroatoms. The van der Waals surface area contributed by atoms with Crippen LogP contribution in [0, 0.1) is 4.64 Å². The Morgan fingerprint density at radius 1 is 0.811 bits per heavy atom. The molecule has 0 radical (unpaired) electrons. The third-order valence-electron chi connectivity index (χ3n) is 13.1. The van der Waals surface area contributed by atoms with Gasteiger partial charge in [-0.25, -0.2) is 9.78 Å². The van der Waals surface area contributed by atoms with E-state index >= 15 is 0 Å². The van der Waals surface area contributed by atoms with E-state index in [-0.39, 0.29) is 89.6 Å². The molecule has 1 saturated heterocycles. The standard InChI is InChI=1S/C50H55N9O14S/c1-2-50(69)33-17-36-46-31(23-59(36)48(74)32(33)24-71-49(50)68)30(29-16-37-38(73-27-72-37)18-34(29)57-46)19-51-43(64)25-70-26-55-41(62)21-54-47(67)35(15-28-9-5-3-6-10-28)56-42(63)22-53-40(61)20-52-39(60)11-7-4-8-14-58-44(65)12-13-45(58)66/h3,5-6,9-10,16-18,35,69H,2,4,7-8,11-15,19-27H2,1H3,(H,51,64)(H,52,60)(H,53,61)(H,54,67)(H,55,62)(H,56,63)/t35-,50-/m0/s1. The van der Waals surface area contributed by atoms with Crippen molar-refractivity contribution in [2.45, 2.75) is 89.6 Å². The number of benzene rings is 2. The number of nitrogens with one attached hydrogen (secondary N) is 6. The molecule has 74 heavy (non-hydrogen) atoms. The van der Waals surface area contributed by atoms with E-state index in [4.69, 9.17) is 36.1 Å². The molecule has 2 aromatic heterocycles. The minimum absolute atomic E-state index is 0.0209.